The third kappa shape index (κ3) is 4.19. The monoisotopic (exact) mass is 458 g/mol. The van der Waals surface area contributed by atoms with Crippen molar-refractivity contribution in [1.82, 2.24) is 14.9 Å². The number of aromatic nitrogens is 1. The molecule has 174 valence electrons. The lowest BCUT2D eigenvalue weighted by Gasteiger charge is -2.34. The molecule has 3 heterocycles. The molecule has 2 aliphatic rings. The number of nitrogens with zero attached hydrogens (tertiary/aromatic N) is 6. The number of carbonyl (C=O) groups excluding carboxylic acids is 1. The van der Waals surface area contributed by atoms with Gasteiger partial charge >= 0.3 is 0 Å². The van der Waals surface area contributed by atoms with Crippen LogP contribution in [-0.4, -0.2) is 66.4 Å². The topological polar surface area (TPSA) is 84.7 Å². The number of hydrogen-bond donors (Lipinski definition) is 1. The molecule has 0 spiro atoms. The molecule has 0 unspecified atom stereocenters. The molecule has 9 heteroatoms. The van der Waals surface area contributed by atoms with Crippen LogP contribution in [0.25, 0.3) is 5.88 Å². The van der Waals surface area contributed by atoms with Crippen LogP contribution < -0.4 is 25.2 Å². The van der Waals surface area contributed by atoms with Gasteiger partial charge in [-0.15, -0.1) is 0 Å². The van der Waals surface area contributed by atoms with E-state index in [1.807, 2.05) is 56.6 Å². The maximum Gasteiger partial charge on any atom is 0.241 e. The molecule has 1 amide bonds. The van der Waals surface area contributed by atoms with Gasteiger partial charge in [0.25, 0.3) is 0 Å². The fourth-order valence-electron chi connectivity index (χ4n) is 4.00. The smallest absolute Gasteiger partial charge is 0.241 e. The van der Waals surface area contributed by atoms with E-state index >= 15 is 0 Å². The number of aliphatic hydroxyl groups excluding tert-OH is 1. The maximum atomic E-state index is 12.1. The van der Waals surface area contributed by atoms with Crippen LogP contribution in [0, 0.1) is 0 Å². The number of piperazine rings is 1. The SMILES string of the molecule is CN1CCN(c2cccc(N(C)c3ccc(ON4CN=c5cnccc5=C4O)cc3)c2)CC1=O. The molecule has 5 rings (SSSR count). The average Bonchev–Trinajstić information content (AvgIpc) is 2.87. The molecule has 2 aromatic carbocycles. The first-order valence-electron chi connectivity index (χ1n) is 11.1. The molecule has 1 N–H and O–H groups in total. The van der Waals surface area contributed by atoms with Crippen LogP contribution >= 0.6 is 0 Å². The Morgan fingerprint density at radius 2 is 1.88 bits per heavy atom. The first kappa shape index (κ1) is 21.6. The predicted octanol–water partition coefficient (Wildman–Crippen LogP) is 1.64. The number of aliphatic hydroxyl groups is 1. The van der Waals surface area contributed by atoms with E-state index in [0.29, 0.717) is 22.9 Å². The number of hydroxylamine groups is 2. The van der Waals surface area contributed by atoms with Crippen LogP contribution in [0.1, 0.15) is 0 Å². The second kappa shape index (κ2) is 8.93. The number of likely N-dealkylation sites (N-methyl/N-ethyl adjacent to an activating group) is 1. The Morgan fingerprint density at radius 1 is 1.06 bits per heavy atom. The third-order valence-electron chi connectivity index (χ3n) is 6.13. The van der Waals surface area contributed by atoms with Crippen molar-refractivity contribution < 1.29 is 14.7 Å². The van der Waals surface area contributed by atoms with Crippen molar-refractivity contribution in [1.29, 1.82) is 0 Å². The van der Waals surface area contributed by atoms with Gasteiger partial charge in [0.1, 0.15) is 0 Å². The van der Waals surface area contributed by atoms with E-state index in [9.17, 15) is 9.90 Å². The van der Waals surface area contributed by atoms with E-state index in [1.165, 1.54) is 5.06 Å². The second-order valence-corrected chi connectivity index (χ2v) is 8.30. The van der Waals surface area contributed by atoms with E-state index < -0.39 is 0 Å². The minimum atomic E-state index is 0.00722. The molecule has 34 heavy (non-hydrogen) atoms. The van der Waals surface area contributed by atoms with Gasteiger partial charge in [0, 0.05) is 50.4 Å². The minimum Gasteiger partial charge on any atom is -0.492 e. The molecule has 0 saturated carbocycles. The van der Waals surface area contributed by atoms with Crippen molar-refractivity contribution in [3.8, 4) is 5.75 Å². The van der Waals surface area contributed by atoms with Gasteiger partial charge in [0.2, 0.25) is 11.8 Å². The molecule has 0 radical (unpaired) electrons. The minimum absolute atomic E-state index is 0.00722. The van der Waals surface area contributed by atoms with Crippen LogP contribution in [0.15, 0.2) is 72.0 Å². The predicted molar refractivity (Wildman–Crippen MR) is 129 cm³/mol. The molecule has 1 saturated heterocycles. The molecule has 2 aliphatic heterocycles. The Kier molecular flexibility index (Phi) is 5.67. The van der Waals surface area contributed by atoms with Gasteiger partial charge < -0.3 is 24.6 Å². The standard InChI is InChI=1S/C25H26N6O3/c1-28-12-13-30(16-24(28)32)20-5-3-4-19(14-20)29(2)18-6-8-21(9-7-18)34-31-17-27-23-15-26-11-10-22(23)25(31)33/h3-11,14-15,33H,12-13,16-17H2,1-2H3. The van der Waals surface area contributed by atoms with Crippen molar-refractivity contribution >= 4 is 28.9 Å². The molecule has 0 bridgehead atoms. The molecule has 9 nitrogen and oxygen atoms in total. The number of hydrogen-bond acceptors (Lipinski definition) is 8. The van der Waals surface area contributed by atoms with Gasteiger partial charge in [-0.3, -0.25) is 14.8 Å². The fraction of sp³-hybridized carbons (Fsp3) is 0.240. The van der Waals surface area contributed by atoms with Gasteiger partial charge in [0.15, 0.2) is 12.4 Å². The largest absolute Gasteiger partial charge is 0.492 e. The second-order valence-electron chi connectivity index (χ2n) is 8.30. The van der Waals surface area contributed by atoms with E-state index in [2.05, 4.69) is 25.8 Å². The van der Waals surface area contributed by atoms with Crippen LogP contribution in [0.4, 0.5) is 17.1 Å². The summed E-state index contributed by atoms with van der Waals surface area (Å²) in [6.45, 7) is 2.10. The van der Waals surface area contributed by atoms with Gasteiger partial charge in [-0.05, 0) is 48.5 Å². The Hall–Kier alpha value is -4.27. The molecule has 0 atom stereocenters. The van der Waals surface area contributed by atoms with Gasteiger partial charge in [-0.2, -0.15) is 5.06 Å². The zero-order chi connectivity index (χ0) is 23.7. The lowest BCUT2D eigenvalue weighted by atomic mass is 10.2. The average molecular weight is 459 g/mol. The number of amides is 1. The lowest BCUT2D eigenvalue weighted by molar-refractivity contribution is -0.129. The van der Waals surface area contributed by atoms with Crippen molar-refractivity contribution in [3.05, 3.63) is 77.6 Å². The van der Waals surface area contributed by atoms with Crippen LogP contribution in [0.5, 0.6) is 5.75 Å². The zero-order valence-corrected chi connectivity index (χ0v) is 19.1. The van der Waals surface area contributed by atoms with Crippen LogP contribution in [-0.2, 0) is 4.79 Å². The highest BCUT2D eigenvalue weighted by atomic mass is 16.7. The summed E-state index contributed by atoms with van der Waals surface area (Å²) in [4.78, 5) is 32.3. The highest BCUT2D eigenvalue weighted by Gasteiger charge is 2.21. The van der Waals surface area contributed by atoms with Gasteiger partial charge in [-0.1, -0.05) is 6.07 Å². The van der Waals surface area contributed by atoms with Crippen LogP contribution in [0.3, 0.4) is 0 Å². The van der Waals surface area contributed by atoms with Crippen LogP contribution in [0.2, 0.25) is 0 Å². The lowest BCUT2D eigenvalue weighted by Crippen LogP contribution is -2.48. The number of rotatable bonds is 5. The van der Waals surface area contributed by atoms with E-state index in [-0.39, 0.29) is 18.5 Å². The summed E-state index contributed by atoms with van der Waals surface area (Å²) in [6.07, 6.45) is 3.22. The van der Waals surface area contributed by atoms with Gasteiger partial charge in [0.05, 0.1) is 23.3 Å². The normalized spacial score (nSPS) is 15.6. The highest BCUT2D eigenvalue weighted by molar-refractivity contribution is 5.83. The van der Waals surface area contributed by atoms with E-state index in [0.717, 1.165) is 30.2 Å². The molecule has 1 aromatic heterocycles. The Balaban J connectivity index is 1.29. The molecule has 1 fully saturated rings. The van der Waals surface area contributed by atoms with Crippen molar-refractivity contribution in [3.63, 3.8) is 0 Å². The van der Waals surface area contributed by atoms with Gasteiger partial charge in [-0.25, -0.2) is 0 Å². The Labute approximate surface area is 197 Å². The highest BCUT2D eigenvalue weighted by Crippen LogP contribution is 2.29. The summed E-state index contributed by atoms with van der Waals surface area (Å²) in [5.41, 5.74) is 3.02. The maximum absolute atomic E-state index is 12.1. The van der Waals surface area contributed by atoms with Crippen molar-refractivity contribution in [2.24, 2.45) is 4.99 Å². The quantitative estimate of drug-likeness (QED) is 0.622. The number of anilines is 3. The summed E-state index contributed by atoms with van der Waals surface area (Å²) in [5, 5.41) is 13.1. The molecular formula is C25H26N6O3. The Bertz CT molecular complexity index is 1330. The summed E-state index contributed by atoms with van der Waals surface area (Å²) in [7, 11) is 3.84. The fourth-order valence-corrected chi connectivity index (χ4v) is 4.00. The zero-order valence-electron chi connectivity index (χ0n) is 19.1. The summed E-state index contributed by atoms with van der Waals surface area (Å²) < 4.78 is 0. The number of pyridine rings is 1. The molecule has 3 aromatic rings. The van der Waals surface area contributed by atoms with Crippen molar-refractivity contribution in [2.45, 2.75) is 0 Å². The number of fused-ring (bicyclic) bond motifs is 1. The van der Waals surface area contributed by atoms with E-state index in [1.54, 1.807) is 23.4 Å². The first-order chi connectivity index (χ1) is 16.5. The number of benzene rings is 2. The van der Waals surface area contributed by atoms with Crippen molar-refractivity contribution in [2.75, 3.05) is 50.2 Å². The number of carbonyl (C=O) groups is 1. The molecule has 0 aliphatic carbocycles. The first-order valence-corrected chi connectivity index (χ1v) is 11.1. The third-order valence-corrected chi connectivity index (χ3v) is 6.13. The summed E-state index contributed by atoms with van der Waals surface area (Å²) in [5.74, 6) is 0.722. The molecular weight excluding hydrogens is 432 g/mol. The summed E-state index contributed by atoms with van der Waals surface area (Å²) in [6, 6.07) is 17.5. The summed E-state index contributed by atoms with van der Waals surface area (Å²) >= 11 is 0. The van der Waals surface area contributed by atoms with E-state index in [4.69, 9.17) is 4.84 Å². The Morgan fingerprint density at radius 3 is 2.68 bits per heavy atom.